The van der Waals surface area contributed by atoms with Crippen molar-refractivity contribution in [2.24, 2.45) is 5.92 Å². The number of aromatic nitrogens is 2. The number of nitrogens with one attached hydrogen (secondary N) is 1. The Morgan fingerprint density at radius 2 is 2.00 bits per heavy atom. The maximum absolute atomic E-state index is 12.5. The quantitative estimate of drug-likeness (QED) is 0.845. The molecule has 27 heavy (non-hydrogen) atoms. The SMILES string of the molecule is CCCn1cc(C(=O)NCC2CCN(C(=O)c3ccoc3C)CC2)c(C)n1. The van der Waals surface area contributed by atoms with E-state index in [9.17, 15) is 9.59 Å². The number of rotatable bonds is 6. The second-order valence-electron chi connectivity index (χ2n) is 7.23. The van der Waals surface area contributed by atoms with Crippen molar-refractivity contribution in [3.63, 3.8) is 0 Å². The van der Waals surface area contributed by atoms with Gasteiger partial charge in [0.1, 0.15) is 5.76 Å². The Labute approximate surface area is 159 Å². The van der Waals surface area contributed by atoms with Crippen LogP contribution in [0.5, 0.6) is 0 Å². The van der Waals surface area contributed by atoms with E-state index in [4.69, 9.17) is 4.42 Å². The fraction of sp³-hybridized carbons (Fsp3) is 0.550. The molecule has 0 aliphatic carbocycles. The van der Waals surface area contributed by atoms with Crippen LogP contribution in [0, 0.1) is 19.8 Å². The van der Waals surface area contributed by atoms with Crippen molar-refractivity contribution in [1.82, 2.24) is 20.0 Å². The van der Waals surface area contributed by atoms with Crippen LogP contribution in [0.1, 0.15) is 58.4 Å². The molecule has 3 heterocycles. The molecule has 0 aromatic carbocycles. The molecule has 0 spiro atoms. The summed E-state index contributed by atoms with van der Waals surface area (Å²) in [4.78, 5) is 26.8. The van der Waals surface area contributed by atoms with Gasteiger partial charge in [-0.1, -0.05) is 6.92 Å². The molecule has 0 atom stereocenters. The predicted molar refractivity (Wildman–Crippen MR) is 102 cm³/mol. The van der Waals surface area contributed by atoms with Gasteiger partial charge in [-0.2, -0.15) is 5.10 Å². The molecule has 0 radical (unpaired) electrons. The van der Waals surface area contributed by atoms with Gasteiger partial charge in [0.05, 0.1) is 23.1 Å². The zero-order chi connectivity index (χ0) is 19.4. The van der Waals surface area contributed by atoms with Crippen molar-refractivity contribution < 1.29 is 14.0 Å². The number of hydrogen-bond donors (Lipinski definition) is 1. The van der Waals surface area contributed by atoms with Crippen LogP contribution >= 0.6 is 0 Å². The Hall–Kier alpha value is -2.57. The van der Waals surface area contributed by atoms with E-state index in [1.54, 1.807) is 19.3 Å². The molecular weight excluding hydrogens is 344 g/mol. The number of hydrogen-bond acceptors (Lipinski definition) is 4. The lowest BCUT2D eigenvalue weighted by molar-refractivity contribution is 0.0682. The van der Waals surface area contributed by atoms with Gasteiger partial charge in [0, 0.05) is 32.4 Å². The van der Waals surface area contributed by atoms with E-state index in [0.717, 1.165) is 31.5 Å². The second kappa shape index (κ2) is 8.41. The number of likely N-dealkylation sites (tertiary alicyclic amines) is 1. The summed E-state index contributed by atoms with van der Waals surface area (Å²) in [6, 6.07) is 1.73. The zero-order valence-corrected chi connectivity index (χ0v) is 16.3. The van der Waals surface area contributed by atoms with Crippen LogP contribution in [0.25, 0.3) is 0 Å². The highest BCUT2D eigenvalue weighted by Gasteiger charge is 2.26. The summed E-state index contributed by atoms with van der Waals surface area (Å²) in [6.07, 6.45) is 6.13. The number of nitrogens with zero attached hydrogens (tertiary/aromatic N) is 3. The van der Waals surface area contributed by atoms with Crippen LogP contribution in [-0.2, 0) is 6.54 Å². The van der Waals surface area contributed by atoms with E-state index in [-0.39, 0.29) is 11.8 Å². The minimum atomic E-state index is -0.0672. The van der Waals surface area contributed by atoms with Gasteiger partial charge >= 0.3 is 0 Å². The highest BCUT2D eigenvalue weighted by atomic mass is 16.3. The van der Waals surface area contributed by atoms with Crippen LogP contribution in [-0.4, -0.2) is 46.1 Å². The largest absolute Gasteiger partial charge is 0.469 e. The number of aryl methyl sites for hydroxylation is 3. The Morgan fingerprint density at radius 1 is 1.26 bits per heavy atom. The average molecular weight is 372 g/mol. The van der Waals surface area contributed by atoms with E-state index in [0.29, 0.717) is 42.4 Å². The molecule has 0 bridgehead atoms. The summed E-state index contributed by atoms with van der Waals surface area (Å²) in [7, 11) is 0. The van der Waals surface area contributed by atoms with Gasteiger partial charge in [0.2, 0.25) is 0 Å². The van der Waals surface area contributed by atoms with E-state index in [1.807, 2.05) is 22.7 Å². The topological polar surface area (TPSA) is 80.4 Å². The number of amides is 2. The van der Waals surface area contributed by atoms with Gasteiger partial charge in [0.15, 0.2) is 0 Å². The second-order valence-corrected chi connectivity index (χ2v) is 7.23. The molecule has 0 unspecified atom stereocenters. The number of carbonyl (C=O) groups excluding carboxylic acids is 2. The molecule has 146 valence electrons. The fourth-order valence-corrected chi connectivity index (χ4v) is 3.53. The van der Waals surface area contributed by atoms with Crippen molar-refractivity contribution in [2.45, 2.75) is 46.6 Å². The number of furan rings is 1. The highest BCUT2D eigenvalue weighted by molar-refractivity contribution is 5.95. The van der Waals surface area contributed by atoms with Gasteiger partial charge in [-0.05, 0) is 45.1 Å². The first-order valence-electron chi connectivity index (χ1n) is 9.65. The lowest BCUT2D eigenvalue weighted by Crippen LogP contribution is -2.41. The van der Waals surface area contributed by atoms with Crippen LogP contribution in [0.3, 0.4) is 0 Å². The van der Waals surface area contributed by atoms with E-state index < -0.39 is 0 Å². The molecular formula is C20H28N4O3. The molecule has 0 saturated carbocycles. The Balaban J connectivity index is 1.47. The van der Waals surface area contributed by atoms with Crippen LogP contribution < -0.4 is 5.32 Å². The Bertz CT molecular complexity index is 800. The van der Waals surface area contributed by atoms with Gasteiger partial charge < -0.3 is 14.6 Å². The molecule has 1 aliphatic heterocycles. The van der Waals surface area contributed by atoms with Crippen LogP contribution in [0.15, 0.2) is 22.9 Å². The van der Waals surface area contributed by atoms with Gasteiger partial charge in [-0.25, -0.2) is 0 Å². The van der Waals surface area contributed by atoms with Crippen molar-refractivity contribution in [2.75, 3.05) is 19.6 Å². The molecule has 1 fully saturated rings. The molecule has 7 nitrogen and oxygen atoms in total. The van der Waals surface area contributed by atoms with Gasteiger partial charge in [-0.3, -0.25) is 14.3 Å². The van der Waals surface area contributed by atoms with Crippen LogP contribution in [0.4, 0.5) is 0 Å². The van der Waals surface area contributed by atoms with E-state index in [2.05, 4.69) is 17.3 Å². The first-order chi connectivity index (χ1) is 13.0. The van der Waals surface area contributed by atoms with Crippen molar-refractivity contribution >= 4 is 11.8 Å². The summed E-state index contributed by atoms with van der Waals surface area (Å²) < 4.78 is 7.05. The average Bonchev–Trinajstić information content (AvgIpc) is 3.25. The monoisotopic (exact) mass is 372 g/mol. The maximum Gasteiger partial charge on any atom is 0.257 e. The lowest BCUT2D eigenvalue weighted by Gasteiger charge is -2.32. The maximum atomic E-state index is 12.5. The molecule has 7 heteroatoms. The normalized spacial score (nSPS) is 15.1. The molecule has 2 aromatic heterocycles. The molecule has 2 aromatic rings. The molecule has 2 amide bonds. The smallest absolute Gasteiger partial charge is 0.257 e. The third kappa shape index (κ3) is 4.40. The Morgan fingerprint density at radius 3 is 2.63 bits per heavy atom. The van der Waals surface area contributed by atoms with Crippen molar-refractivity contribution in [1.29, 1.82) is 0 Å². The lowest BCUT2D eigenvalue weighted by atomic mass is 9.96. The van der Waals surface area contributed by atoms with Crippen LogP contribution in [0.2, 0.25) is 0 Å². The standard InChI is InChI=1S/C20H28N4O3/c1-4-8-24-13-18(14(2)22-24)19(25)21-12-16-5-9-23(10-6-16)20(26)17-7-11-27-15(17)3/h7,11,13,16H,4-6,8-10,12H2,1-3H3,(H,21,25). The first-order valence-corrected chi connectivity index (χ1v) is 9.65. The summed E-state index contributed by atoms with van der Waals surface area (Å²) in [5, 5.41) is 7.42. The highest BCUT2D eigenvalue weighted by Crippen LogP contribution is 2.20. The first kappa shape index (κ1) is 19.2. The molecule has 1 N–H and O–H groups in total. The number of carbonyl (C=O) groups is 2. The summed E-state index contributed by atoms with van der Waals surface area (Å²) in [5.74, 6) is 1.01. The van der Waals surface area contributed by atoms with Crippen molar-refractivity contribution in [3.8, 4) is 0 Å². The fourth-order valence-electron chi connectivity index (χ4n) is 3.53. The Kier molecular flexibility index (Phi) is 5.98. The summed E-state index contributed by atoms with van der Waals surface area (Å²) in [5.41, 5.74) is 2.05. The van der Waals surface area contributed by atoms with E-state index in [1.165, 1.54) is 0 Å². The third-order valence-corrected chi connectivity index (χ3v) is 5.19. The minimum absolute atomic E-state index is 0.0303. The third-order valence-electron chi connectivity index (χ3n) is 5.19. The molecule has 1 aliphatic rings. The molecule has 3 rings (SSSR count). The van der Waals surface area contributed by atoms with Crippen molar-refractivity contribution in [3.05, 3.63) is 41.1 Å². The van der Waals surface area contributed by atoms with Gasteiger partial charge in [-0.15, -0.1) is 0 Å². The van der Waals surface area contributed by atoms with E-state index >= 15 is 0 Å². The summed E-state index contributed by atoms with van der Waals surface area (Å²) in [6.45, 7) is 8.61. The number of piperidine rings is 1. The predicted octanol–water partition coefficient (Wildman–Crippen LogP) is 2.79. The zero-order valence-electron chi connectivity index (χ0n) is 16.3. The summed E-state index contributed by atoms with van der Waals surface area (Å²) >= 11 is 0. The van der Waals surface area contributed by atoms with Gasteiger partial charge in [0.25, 0.3) is 11.8 Å². The molecule has 1 saturated heterocycles. The minimum Gasteiger partial charge on any atom is -0.469 e.